The SMILES string of the molecule is CN1SC(Nc2nccn3c(-c4cnn(C)c4)cnc23)=CC1C1CCNCC1. The maximum absolute atomic E-state index is 4.62. The van der Waals surface area contributed by atoms with Gasteiger partial charge in [-0.2, -0.15) is 5.10 Å². The number of hydrogen-bond donors (Lipinski definition) is 2. The van der Waals surface area contributed by atoms with E-state index in [1.54, 1.807) is 16.6 Å². The molecule has 8 nitrogen and oxygen atoms in total. The van der Waals surface area contributed by atoms with Gasteiger partial charge in [-0.15, -0.1) is 0 Å². The first-order valence-corrected chi connectivity index (χ1v) is 10.4. The first-order valence-electron chi connectivity index (χ1n) is 9.60. The fraction of sp³-hybridized carbons (Fsp3) is 0.421. The van der Waals surface area contributed by atoms with Crippen molar-refractivity contribution in [1.82, 2.24) is 33.8 Å². The lowest BCUT2D eigenvalue weighted by Gasteiger charge is -2.30. The molecule has 5 heterocycles. The average molecular weight is 397 g/mol. The summed E-state index contributed by atoms with van der Waals surface area (Å²) in [5.74, 6) is 1.47. The van der Waals surface area contributed by atoms with E-state index in [-0.39, 0.29) is 0 Å². The Morgan fingerprint density at radius 2 is 2.04 bits per heavy atom. The molecule has 0 spiro atoms. The van der Waals surface area contributed by atoms with Crippen LogP contribution >= 0.6 is 11.9 Å². The van der Waals surface area contributed by atoms with Gasteiger partial charge < -0.3 is 10.6 Å². The Kier molecular flexibility index (Phi) is 4.58. The van der Waals surface area contributed by atoms with Gasteiger partial charge in [0.15, 0.2) is 11.5 Å². The van der Waals surface area contributed by atoms with Crippen molar-refractivity contribution in [1.29, 1.82) is 0 Å². The molecule has 0 saturated carbocycles. The van der Waals surface area contributed by atoms with E-state index in [2.05, 4.69) is 47.5 Å². The van der Waals surface area contributed by atoms with Crippen molar-refractivity contribution in [3.05, 3.63) is 42.1 Å². The molecule has 146 valence electrons. The number of hydrogen-bond acceptors (Lipinski definition) is 7. The normalized spacial score (nSPS) is 21.4. The summed E-state index contributed by atoms with van der Waals surface area (Å²) in [7, 11) is 4.09. The summed E-state index contributed by atoms with van der Waals surface area (Å²) >= 11 is 1.75. The monoisotopic (exact) mass is 396 g/mol. The second-order valence-corrected chi connectivity index (χ2v) is 8.59. The van der Waals surface area contributed by atoms with Crippen LogP contribution in [0.15, 0.2) is 42.1 Å². The summed E-state index contributed by atoms with van der Waals surface area (Å²) in [5.41, 5.74) is 2.86. The van der Waals surface area contributed by atoms with E-state index in [4.69, 9.17) is 0 Å². The third-order valence-electron chi connectivity index (χ3n) is 5.52. The third kappa shape index (κ3) is 3.19. The summed E-state index contributed by atoms with van der Waals surface area (Å²) in [4.78, 5) is 9.16. The maximum Gasteiger partial charge on any atom is 0.180 e. The molecule has 1 saturated heterocycles. The van der Waals surface area contributed by atoms with Gasteiger partial charge in [-0.1, -0.05) is 0 Å². The Morgan fingerprint density at radius 1 is 1.18 bits per heavy atom. The molecule has 1 fully saturated rings. The molecule has 0 aliphatic carbocycles. The van der Waals surface area contributed by atoms with Gasteiger partial charge in [-0.3, -0.25) is 9.08 Å². The smallest absolute Gasteiger partial charge is 0.180 e. The van der Waals surface area contributed by atoms with Gasteiger partial charge in [0.1, 0.15) is 0 Å². The van der Waals surface area contributed by atoms with E-state index in [1.165, 1.54) is 12.8 Å². The molecule has 1 unspecified atom stereocenters. The number of nitrogens with zero attached hydrogens (tertiary/aromatic N) is 6. The van der Waals surface area contributed by atoms with Crippen molar-refractivity contribution in [2.45, 2.75) is 18.9 Å². The van der Waals surface area contributed by atoms with Gasteiger partial charge in [0.25, 0.3) is 0 Å². The lowest BCUT2D eigenvalue weighted by Crippen LogP contribution is -2.37. The van der Waals surface area contributed by atoms with E-state index in [9.17, 15) is 0 Å². The van der Waals surface area contributed by atoms with Crippen molar-refractivity contribution in [3.8, 4) is 11.3 Å². The third-order valence-corrected chi connectivity index (χ3v) is 6.49. The summed E-state index contributed by atoms with van der Waals surface area (Å²) in [6, 6.07) is 0.458. The van der Waals surface area contributed by atoms with Crippen LogP contribution in [0.3, 0.4) is 0 Å². The van der Waals surface area contributed by atoms with Gasteiger partial charge >= 0.3 is 0 Å². The van der Waals surface area contributed by atoms with Crippen LogP contribution in [0.4, 0.5) is 5.82 Å². The minimum atomic E-state index is 0.458. The van der Waals surface area contributed by atoms with Crippen molar-refractivity contribution in [2.75, 3.05) is 25.5 Å². The highest BCUT2D eigenvalue weighted by Crippen LogP contribution is 2.37. The van der Waals surface area contributed by atoms with Crippen LogP contribution in [0.5, 0.6) is 0 Å². The highest BCUT2D eigenvalue weighted by atomic mass is 32.2. The average Bonchev–Trinajstić information content (AvgIpc) is 3.41. The molecule has 9 heteroatoms. The van der Waals surface area contributed by atoms with Crippen LogP contribution in [0, 0.1) is 5.92 Å². The molecule has 3 aromatic heterocycles. The standard InChI is InChI=1S/C19H24N8S/c1-25-12-14(10-23-25)16-11-22-19-18(21-7-8-27(16)19)24-17-9-15(26(2)28-17)13-3-5-20-6-4-13/h7-13,15,20H,3-6H2,1-2H3,(H,21,24). The van der Waals surface area contributed by atoms with Crippen LogP contribution in [-0.2, 0) is 7.05 Å². The molecule has 3 aromatic rings. The Bertz CT molecular complexity index is 1020. The number of anilines is 1. The number of aromatic nitrogens is 5. The predicted molar refractivity (Wildman–Crippen MR) is 112 cm³/mol. The fourth-order valence-corrected chi connectivity index (χ4v) is 5.09. The molecule has 0 amide bonds. The van der Waals surface area contributed by atoms with E-state index < -0.39 is 0 Å². The zero-order valence-electron chi connectivity index (χ0n) is 16.0. The Hall–Kier alpha value is -2.36. The minimum absolute atomic E-state index is 0.458. The number of likely N-dealkylation sites (N-methyl/N-ethyl adjacent to an activating group) is 1. The molecular weight excluding hydrogens is 372 g/mol. The minimum Gasteiger partial charge on any atom is -0.331 e. The molecule has 0 bridgehead atoms. The predicted octanol–water partition coefficient (Wildman–Crippen LogP) is 2.34. The van der Waals surface area contributed by atoms with Gasteiger partial charge in [0.05, 0.1) is 23.1 Å². The highest BCUT2D eigenvalue weighted by molar-refractivity contribution is 8.01. The molecular formula is C19H24N8S. The van der Waals surface area contributed by atoms with Crippen LogP contribution in [0.2, 0.25) is 0 Å². The molecule has 1 atom stereocenters. The van der Waals surface area contributed by atoms with Crippen LogP contribution < -0.4 is 10.6 Å². The second kappa shape index (κ2) is 7.23. The number of rotatable bonds is 4. The number of piperidine rings is 1. The Labute approximate surface area is 168 Å². The highest BCUT2D eigenvalue weighted by Gasteiger charge is 2.31. The molecule has 28 heavy (non-hydrogen) atoms. The number of fused-ring (bicyclic) bond motifs is 1. The lowest BCUT2D eigenvalue weighted by molar-refractivity contribution is 0.274. The first-order chi connectivity index (χ1) is 13.7. The van der Waals surface area contributed by atoms with E-state index in [1.807, 2.05) is 38.0 Å². The molecule has 0 radical (unpaired) electrons. The molecule has 2 aliphatic heterocycles. The fourth-order valence-electron chi connectivity index (χ4n) is 4.08. The van der Waals surface area contributed by atoms with Crippen molar-refractivity contribution < 1.29 is 0 Å². The van der Waals surface area contributed by atoms with Crippen molar-refractivity contribution >= 4 is 23.4 Å². The van der Waals surface area contributed by atoms with Gasteiger partial charge in [0.2, 0.25) is 0 Å². The van der Waals surface area contributed by atoms with Gasteiger partial charge in [-0.05, 0) is 56.9 Å². The van der Waals surface area contributed by atoms with Crippen LogP contribution in [0.25, 0.3) is 16.9 Å². The largest absolute Gasteiger partial charge is 0.331 e. The Balaban J connectivity index is 1.42. The second-order valence-electron chi connectivity index (χ2n) is 7.39. The Morgan fingerprint density at radius 3 is 2.82 bits per heavy atom. The number of imidazole rings is 1. The molecule has 2 N–H and O–H groups in total. The molecule has 5 rings (SSSR count). The van der Waals surface area contributed by atoms with E-state index in [0.29, 0.717) is 12.0 Å². The van der Waals surface area contributed by atoms with E-state index >= 15 is 0 Å². The summed E-state index contributed by atoms with van der Waals surface area (Å²) in [6.45, 7) is 2.23. The van der Waals surface area contributed by atoms with Crippen molar-refractivity contribution in [3.63, 3.8) is 0 Å². The quantitative estimate of drug-likeness (QED) is 0.656. The lowest BCUT2D eigenvalue weighted by atomic mass is 9.90. The van der Waals surface area contributed by atoms with Crippen molar-refractivity contribution in [2.24, 2.45) is 13.0 Å². The zero-order valence-corrected chi connectivity index (χ0v) is 16.9. The van der Waals surface area contributed by atoms with Gasteiger partial charge in [0, 0.05) is 37.2 Å². The summed E-state index contributed by atoms with van der Waals surface area (Å²) < 4.78 is 6.21. The van der Waals surface area contributed by atoms with E-state index in [0.717, 1.165) is 40.8 Å². The number of aryl methyl sites for hydroxylation is 1. The summed E-state index contributed by atoms with van der Waals surface area (Å²) in [6.07, 6.45) is 14.3. The number of nitrogens with one attached hydrogen (secondary N) is 2. The maximum atomic E-state index is 4.62. The zero-order chi connectivity index (χ0) is 19.1. The van der Waals surface area contributed by atoms with Gasteiger partial charge in [-0.25, -0.2) is 14.3 Å². The first kappa shape index (κ1) is 17.7. The topological polar surface area (TPSA) is 75.3 Å². The molecule has 2 aliphatic rings. The van der Waals surface area contributed by atoms with Crippen LogP contribution in [-0.4, -0.2) is 54.6 Å². The summed E-state index contributed by atoms with van der Waals surface area (Å²) in [5, 5.41) is 12.3. The molecule has 0 aromatic carbocycles. The van der Waals surface area contributed by atoms with Crippen LogP contribution in [0.1, 0.15) is 12.8 Å².